The molecule has 0 saturated carbocycles. The van der Waals surface area contributed by atoms with Crippen molar-refractivity contribution in [1.82, 2.24) is 10.9 Å². The summed E-state index contributed by atoms with van der Waals surface area (Å²) in [4.78, 5) is 39.0. The molecule has 0 bridgehead atoms. The van der Waals surface area contributed by atoms with E-state index in [-0.39, 0.29) is 12.3 Å². The van der Waals surface area contributed by atoms with Gasteiger partial charge in [-0.2, -0.15) is 0 Å². The maximum atomic E-state index is 13.0. The van der Waals surface area contributed by atoms with Crippen molar-refractivity contribution in [3.8, 4) is 0 Å². The molecule has 0 aliphatic carbocycles. The summed E-state index contributed by atoms with van der Waals surface area (Å²) in [5, 5.41) is 0.498. The highest BCUT2D eigenvalue weighted by atomic mass is 35.5. The Labute approximate surface area is 165 Å². The minimum Gasteiger partial charge on any atom is -0.286 e. The molecule has 2 aromatic rings. The number of hydrogen-bond donors (Lipinski definition) is 2. The van der Waals surface area contributed by atoms with Gasteiger partial charge in [0.05, 0.1) is 5.69 Å². The monoisotopic (exact) mass is 401 g/mol. The Hall–Kier alpha value is -2.51. The van der Waals surface area contributed by atoms with Crippen LogP contribution in [0.3, 0.4) is 0 Å². The summed E-state index contributed by atoms with van der Waals surface area (Å²) < 4.78 is 0. The van der Waals surface area contributed by atoms with Crippen molar-refractivity contribution in [3.63, 3.8) is 0 Å². The number of benzene rings is 2. The minimum absolute atomic E-state index is 0.135. The van der Waals surface area contributed by atoms with Crippen LogP contribution in [0, 0.1) is 6.92 Å². The maximum Gasteiger partial charge on any atom is 0.275 e. The van der Waals surface area contributed by atoms with E-state index < -0.39 is 16.7 Å². The van der Waals surface area contributed by atoms with Gasteiger partial charge < -0.3 is 0 Å². The number of nitrogens with one attached hydrogen (secondary N) is 2. The number of amides is 3. The first-order chi connectivity index (χ1) is 12.9. The first kappa shape index (κ1) is 17.9. The third kappa shape index (κ3) is 2.87. The van der Waals surface area contributed by atoms with E-state index in [1.165, 1.54) is 16.7 Å². The Morgan fingerprint density at radius 2 is 1.96 bits per heavy atom. The van der Waals surface area contributed by atoms with E-state index in [0.717, 1.165) is 10.5 Å². The van der Waals surface area contributed by atoms with Gasteiger partial charge >= 0.3 is 0 Å². The predicted molar refractivity (Wildman–Crippen MR) is 104 cm³/mol. The third-order valence-electron chi connectivity index (χ3n) is 4.76. The largest absolute Gasteiger partial charge is 0.286 e. The topological polar surface area (TPSA) is 78.5 Å². The lowest BCUT2D eigenvalue weighted by atomic mass is 10.1. The molecule has 1 atom stereocenters. The summed E-state index contributed by atoms with van der Waals surface area (Å²) >= 11 is 7.38. The molecule has 27 heavy (non-hydrogen) atoms. The Bertz CT molecular complexity index is 980. The lowest BCUT2D eigenvalue weighted by Gasteiger charge is -2.29. The molecule has 2 aliphatic heterocycles. The molecule has 138 valence electrons. The van der Waals surface area contributed by atoms with Gasteiger partial charge in [-0.1, -0.05) is 41.6 Å². The normalized spacial score (nSPS) is 20.2. The van der Waals surface area contributed by atoms with Crippen LogP contribution in [0.25, 0.3) is 0 Å². The molecule has 4 rings (SSSR count). The second kappa shape index (κ2) is 6.58. The summed E-state index contributed by atoms with van der Waals surface area (Å²) in [6, 6.07) is 12.3. The molecule has 1 fully saturated rings. The highest BCUT2D eigenvalue weighted by molar-refractivity contribution is 8.02. The molecule has 0 unspecified atom stereocenters. The molecular formula is C19H16ClN3O3S. The van der Waals surface area contributed by atoms with Gasteiger partial charge in [0.2, 0.25) is 5.91 Å². The fourth-order valence-corrected chi connectivity index (χ4v) is 4.99. The van der Waals surface area contributed by atoms with E-state index in [1.807, 2.05) is 19.1 Å². The van der Waals surface area contributed by atoms with Crippen LogP contribution >= 0.6 is 23.4 Å². The number of hydrogen-bond acceptors (Lipinski definition) is 4. The van der Waals surface area contributed by atoms with Gasteiger partial charge in [0.25, 0.3) is 11.8 Å². The Morgan fingerprint density at radius 1 is 1.19 bits per heavy atom. The lowest BCUT2D eigenvalue weighted by Crippen LogP contribution is -2.56. The SMILES string of the molecule is Cc1ccccc1C(=O)NNC(=O)[C@]12CCC(=O)N1c1cc(Cl)ccc1S2. The van der Waals surface area contributed by atoms with Crippen molar-refractivity contribution >= 4 is 46.8 Å². The van der Waals surface area contributed by atoms with E-state index in [2.05, 4.69) is 10.9 Å². The summed E-state index contributed by atoms with van der Waals surface area (Å²) in [6.07, 6.45) is 0.618. The summed E-state index contributed by atoms with van der Waals surface area (Å²) in [5.41, 5.74) is 6.87. The minimum atomic E-state index is -1.11. The second-order valence-corrected chi connectivity index (χ2v) is 8.21. The van der Waals surface area contributed by atoms with Crippen LogP contribution in [0.1, 0.15) is 28.8 Å². The number of anilines is 1. The molecule has 1 saturated heterocycles. The van der Waals surface area contributed by atoms with Crippen molar-refractivity contribution in [2.24, 2.45) is 0 Å². The number of halogens is 1. The van der Waals surface area contributed by atoms with Gasteiger partial charge in [-0.15, -0.1) is 0 Å². The Morgan fingerprint density at radius 3 is 2.74 bits per heavy atom. The van der Waals surface area contributed by atoms with Gasteiger partial charge in [-0.3, -0.25) is 30.1 Å². The van der Waals surface area contributed by atoms with Crippen molar-refractivity contribution < 1.29 is 14.4 Å². The number of carbonyl (C=O) groups excluding carboxylic acids is 3. The quantitative estimate of drug-likeness (QED) is 0.758. The lowest BCUT2D eigenvalue weighted by molar-refractivity contribution is -0.125. The van der Waals surface area contributed by atoms with Gasteiger partial charge in [0.1, 0.15) is 0 Å². The smallest absolute Gasteiger partial charge is 0.275 e. The zero-order valence-electron chi connectivity index (χ0n) is 14.4. The molecule has 2 aromatic carbocycles. The average molecular weight is 402 g/mol. The maximum absolute atomic E-state index is 13.0. The van der Waals surface area contributed by atoms with E-state index in [9.17, 15) is 14.4 Å². The van der Waals surface area contributed by atoms with Crippen LogP contribution in [0.2, 0.25) is 5.02 Å². The van der Waals surface area contributed by atoms with Crippen LogP contribution < -0.4 is 15.8 Å². The van der Waals surface area contributed by atoms with Gasteiger partial charge in [0, 0.05) is 21.9 Å². The number of rotatable bonds is 2. The Balaban J connectivity index is 1.56. The molecule has 3 amide bonds. The van der Waals surface area contributed by atoms with Gasteiger partial charge in [-0.05, 0) is 43.2 Å². The highest BCUT2D eigenvalue weighted by Crippen LogP contribution is 2.56. The Kier molecular flexibility index (Phi) is 4.36. The number of nitrogens with zero attached hydrogens (tertiary/aromatic N) is 1. The summed E-state index contributed by atoms with van der Waals surface area (Å²) in [6.45, 7) is 1.82. The van der Waals surface area contributed by atoms with E-state index in [1.54, 1.807) is 30.3 Å². The molecule has 0 aromatic heterocycles. The summed E-state index contributed by atoms with van der Waals surface area (Å²) in [5.74, 6) is -0.978. The molecule has 0 radical (unpaired) electrons. The molecule has 2 heterocycles. The average Bonchev–Trinajstić information content (AvgIpc) is 3.15. The van der Waals surface area contributed by atoms with Crippen LogP contribution in [-0.2, 0) is 9.59 Å². The van der Waals surface area contributed by atoms with Crippen LogP contribution in [0.5, 0.6) is 0 Å². The van der Waals surface area contributed by atoms with Crippen LogP contribution in [0.4, 0.5) is 5.69 Å². The predicted octanol–water partition coefficient (Wildman–Crippen LogP) is 3.04. The number of hydrazine groups is 1. The molecule has 8 heteroatoms. The fraction of sp³-hybridized carbons (Fsp3) is 0.211. The van der Waals surface area contributed by atoms with E-state index in [0.29, 0.717) is 22.7 Å². The van der Waals surface area contributed by atoms with E-state index in [4.69, 9.17) is 11.6 Å². The third-order valence-corrected chi connectivity index (χ3v) is 6.47. The van der Waals surface area contributed by atoms with Crippen LogP contribution in [0.15, 0.2) is 47.4 Å². The molecular weight excluding hydrogens is 386 g/mol. The highest BCUT2D eigenvalue weighted by Gasteiger charge is 2.57. The standard InChI is InChI=1S/C19H16ClN3O3S/c1-11-4-2-3-5-13(11)17(25)21-22-18(26)19-9-8-16(24)23(19)14-10-12(20)6-7-15(14)27-19/h2-7,10H,8-9H2,1H3,(H,21,25)(H,22,26)/t19-/m1/s1. The van der Waals surface area contributed by atoms with Gasteiger partial charge in [-0.25, -0.2) is 0 Å². The first-order valence-electron chi connectivity index (χ1n) is 8.40. The number of aryl methyl sites for hydroxylation is 1. The van der Waals surface area contributed by atoms with Crippen molar-refractivity contribution in [1.29, 1.82) is 0 Å². The molecule has 6 nitrogen and oxygen atoms in total. The molecule has 2 aliphatic rings. The first-order valence-corrected chi connectivity index (χ1v) is 9.60. The molecule has 2 N–H and O–H groups in total. The van der Waals surface area contributed by atoms with Crippen molar-refractivity contribution in [3.05, 3.63) is 58.6 Å². The van der Waals surface area contributed by atoms with Crippen molar-refractivity contribution in [2.45, 2.75) is 29.5 Å². The summed E-state index contributed by atoms with van der Waals surface area (Å²) in [7, 11) is 0. The zero-order chi connectivity index (χ0) is 19.2. The second-order valence-electron chi connectivity index (χ2n) is 6.45. The van der Waals surface area contributed by atoms with Crippen LogP contribution in [-0.4, -0.2) is 22.6 Å². The number of thioether (sulfide) groups is 1. The van der Waals surface area contributed by atoms with Crippen molar-refractivity contribution in [2.75, 3.05) is 4.90 Å². The fourth-order valence-electron chi connectivity index (χ4n) is 3.43. The number of fused-ring (bicyclic) bond motifs is 3. The van der Waals surface area contributed by atoms with Gasteiger partial charge in [0.15, 0.2) is 4.87 Å². The number of carbonyl (C=O) groups is 3. The van der Waals surface area contributed by atoms with E-state index >= 15 is 0 Å². The molecule has 0 spiro atoms. The zero-order valence-corrected chi connectivity index (χ0v) is 16.0.